The molecule has 1 aliphatic carbocycles. The maximum absolute atomic E-state index is 12.3. The fourth-order valence-corrected chi connectivity index (χ4v) is 6.34. The first-order chi connectivity index (χ1) is 21.3. The molecule has 0 bridgehead atoms. The molecule has 3 aromatic heterocycles. The molecule has 2 N–H and O–H groups in total. The number of hydrogen-bond acceptors (Lipinski definition) is 5. The number of fused-ring (bicyclic) bond motifs is 1. The predicted octanol–water partition coefficient (Wildman–Crippen LogP) is 7.47. The van der Waals surface area contributed by atoms with Gasteiger partial charge in [0.05, 0.1) is 17.9 Å². The molecule has 1 aliphatic heterocycles. The minimum absolute atomic E-state index is 0. The molecule has 2 fully saturated rings. The molecule has 0 spiro atoms. The number of piperazine rings is 1. The van der Waals surface area contributed by atoms with Crippen LogP contribution in [0.3, 0.4) is 0 Å². The number of rotatable bonds is 7. The third-order valence-electron chi connectivity index (χ3n) is 9.37. The highest BCUT2D eigenvalue weighted by atomic mass is 16.1. The molecule has 7 rings (SSSR count). The average Bonchev–Trinajstić information content (AvgIpc) is 3.63. The quantitative estimate of drug-likeness (QED) is 0.193. The van der Waals surface area contributed by atoms with Crippen molar-refractivity contribution in [1.82, 2.24) is 24.6 Å². The van der Waals surface area contributed by atoms with E-state index in [9.17, 15) is 4.79 Å². The molecule has 228 valence electrons. The molecule has 2 aliphatic rings. The van der Waals surface area contributed by atoms with Crippen molar-refractivity contribution >= 4 is 28.3 Å². The van der Waals surface area contributed by atoms with Crippen molar-refractivity contribution in [3.63, 3.8) is 0 Å². The Hall–Kier alpha value is -4.69. The van der Waals surface area contributed by atoms with Crippen LogP contribution in [0.25, 0.3) is 44.5 Å². The molecule has 44 heavy (non-hydrogen) atoms. The number of carbonyl (C=O) groups excluding carboxylic acids is 1. The van der Waals surface area contributed by atoms with E-state index < -0.39 is 0 Å². The summed E-state index contributed by atoms with van der Waals surface area (Å²) in [5, 5.41) is 8.70. The van der Waals surface area contributed by atoms with Crippen molar-refractivity contribution in [3.8, 4) is 33.5 Å². The van der Waals surface area contributed by atoms with Crippen LogP contribution in [0.4, 0.5) is 11.4 Å². The lowest BCUT2D eigenvalue weighted by Gasteiger charge is -2.39. The third kappa shape index (κ3) is 5.09. The summed E-state index contributed by atoms with van der Waals surface area (Å²) in [6.45, 7) is 13.2. The Morgan fingerprint density at radius 3 is 2.57 bits per heavy atom. The highest BCUT2D eigenvalue weighted by Gasteiger charge is 2.26. The van der Waals surface area contributed by atoms with Crippen LogP contribution in [0.15, 0.2) is 73.7 Å². The van der Waals surface area contributed by atoms with Crippen molar-refractivity contribution < 1.29 is 7.65 Å². The molecule has 0 unspecified atom stereocenters. The lowest BCUT2D eigenvalue weighted by atomic mass is 9.93. The number of nitrogens with one attached hydrogen (secondary N) is 2. The van der Waals surface area contributed by atoms with E-state index >= 15 is 0 Å². The van der Waals surface area contributed by atoms with Gasteiger partial charge in [-0.3, -0.25) is 9.48 Å². The number of likely N-dealkylation sites (N-methyl/N-ethyl adjacent to an activating group) is 1. The Bertz CT molecular complexity index is 1890. The number of amides is 1. The highest BCUT2D eigenvalue weighted by molar-refractivity contribution is 6.07. The first kappa shape index (κ1) is 28.1. The Morgan fingerprint density at radius 2 is 1.84 bits per heavy atom. The van der Waals surface area contributed by atoms with Crippen LogP contribution >= 0.6 is 0 Å². The Balaban J connectivity index is 0.00000208. The summed E-state index contributed by atoms with van der Waals surface area (Å²) >= 11 is 0. The Kier molecular flexibility index (Phi) is 7.09. The molecular formula is C36H43N7O. The predicted molar refractivity (Wildman–Crippen MR) is 183 cm³/mol. The average molecular weight is 590 g/mol. The first-order valence-corrected chi connectivity index (χ1v) is 15.5. The van der Waals surface area contributed by atoms with Crippen molar-refractivity contribution in [3.05, 3.63) is 84.8 Å². The summed E-state index contributed by atoms with van der Waals surface area (Å²) in [6.07, 6.45) is 9.73. The number of aromatic amines is 1. The zero-order chi connectivity index (χ0) is 30.5. The summed E-state index contributed by atoms with van der Waals surface area (Å²) < 4.78 is 2.08. The van der Waals surface area contributed by atoms with E-state index in [1.165, 1.54) is 24.6 Å². The van der Waals surface area contributed by atoms with Crippen LogP contribution < -0.4 is 10.2 Å². The molecule has 5 aromatic rings. The first-order valence-electron chi connectivity index (χ1n) is 15.5. The molecule has 0 radical (unpaired) electrons. The normalized spacial score (nSPS) is 17.3. The molecular weight excluding hydrogens is 546 g/mol. The number of nitrogens with zero attached hydrogens (tertiary/aromatic N) is 5. The monoisotopic (exact) mass is 589 g/mol. The third-order valence-corrected chi connectivity index (χ3v) is 9.37. The standard InChI is InChI=1S/C36H39N7O.2H2/c1-6-32(44)39-31-17-26(8-7-22(31)2)34-33-24(4)30(27-18-38-43(21-27)29-13-14-29)19-37-36(33)40-35(34)25-9-11-28(12-10-25)42-16-15-41(5)23(3)20-42;;/h6-12,17-19,21,23,29H,1,13-16,20H2,2-5H3,(H,37,40)(H,39,44);2*1H/t23-;;/m1../s1. The fourth-order valence-electron chi connectivity index (χ4n) is 6.34. The van der Waals surface area contributed by atoms with E-state index in [2.05, 4.69) is 106 Å². The van der Waals surface area contributed by atoms with Crippen LogP contribution in [0.2, 0.25) is 0 Å². The van der Waals surface area contributed by atoms with Gasteiger partial charge in [-0.05, 0) is 87.2 Å². The summed E-state index contributed by atoms with van der Waals surface area (Å²) in [5.41, 5.74) is 11.3. The largest absolute Gasteiger partial charge is 0.369 e. The SMILES string of the molecule is C=CC(=O)Nc1cc(-c2c(-c3ccc(N4CCN(C)[C@H](C)C4)cc3)[nH]c3ncc(-c4cnn(C5CC5)c4)c(C)c23)ccc1C.[HH].[HH]. The molecule has 2 aromatic carbocycles. The number of carbonyl (C=O) groups is 1. The number of H-pyrrole nitrogens is 1. The van der Waals surface area contributed by atoms with Gasteiger partial charge in [0.2, 0.25) is 5.91 Å². The summed E-state index contributed by atoms with van der Waals surface area (Å²) in [7, 11) is 2.20. The topological polar surface area (TPSA) is 82.1 Å². The number of aromatic nitrogens is 4. The Morgan fingerprint density at radius 1 is 1.07 bits per heavy atom. The van der Waals surface area contributed by atoms with Crippen molar-refractivity contribution in [1.29, 1.82) is 0 Å². The van der Waals surface area contributed by atoms with Gasteiger partial charge in [-0.1, -0.05) is 30.8 Å². The second-order valence-electron chi connectivity index (χ2n) is 12.4. The van der Waals surface area contributed by atoms with Gasteiger partial charge < -0.3 is 20.1 Å². The second kappa shape index (κ2) is 11.1. The minimum atomic E-state index is -0.231. The number of anilines is 2. The van der Waals surface area contributed by atoms with E-state index in [1.54, 1.807) is 0 Å². The lowest BCUT2D eigenvalue weighted by Crippen LogP contribution is -2.50. The maximum atomic E-state index is 12.3. The van der Waals surface area contributed by atoms with E-state index in [-0.39, 0.29) is 8.76 Å². The summed E-state index contributed by atoms with van der Waals surface area (Å²) in [5.74, 6) is -0.231. The van der Waals surface area contributed by atoms with Gasteiger partial charge in [0, 0.05) is 74.4 Å². The van der Waals surface area contributed by atoms with E-state index in [0.717, 1.165) is 81.0 Å². The van der Waals surface area contributed by atoms with E-state index in [0.29, 0.717) is 12.1 Å². The van der Waals surface area contributed by atoms with Gasteiger partial charge in [0.1, 0.15) is 5.65 Å². The van der Waals surface area contributed by atoms with Crippen LogP contribution in [-0.4, -0.2) is 63.3 Å². The van der Waals surface area contributed by atoms with Crippen LogP contribution in [0.1, 0.15) is 39.8 Å². The molecule has 1 atom stereocenters. The number of benzene rings is 2. The number of pyridine rings is 1. The van der Waals surface area contributed by atoms with Gasteiger partial charge in [-0.25, -0.2) is 4.98 Å². The van der Waals surface area contributed by atoms with E-state index in [4.69, 9.17) is 4.98 Å². The van der Waals surface area contributed by atoms with E-state index in [1.807, 2.05) is 19.3 Å². The molecule has 4 heterocycles. The smallest absolute Gasteiger partial charge is 0.247 e. The van der Waals surface area contributed by atoms with Crippen molar-refractivity contribution in [2.75, 3.05) is 36.9 Å². The second-order valence-corrected chi connectivity index (χ2v) is 12.4. The molecule has 8 nitrogen and oxygen atoms in total. The number of aryl methyl sites for hydroxylation is 2. The van der Waals surface area contributed by atoms with Gasteiger partial charge >= 0.3 is 0 Å². The van der Waals surface area contributed by atoms with Crippen molar-refractivity contribution in [2.24, 2.45) is 0 Å². The van der Waals surface area contributed by atoms with Crippen LogP contribution in [0.5, 0.6) is 0 Å². The molecule has 1 saturated carbocycles. The number of hydrogen-bond donors (Lipinski definition) is 2. The van der Waals surface area contributed by atoms with Crippen LogP contribution in [-0.2, 0) is 4.79 Å². The Labute approximate surface area is 261 Å². The van der Waals surface area contributed by atoms with Gasteiger partial charge in [0.25, 0.3) is 0 Å². The van der Waals surface area contributed by atoms with Crippen molar-refractivity contribution in [2.45, 2.75) is 45.7 Å². The fraction of sp³-hybridized carbons (Fsp3) is 0.306. The zero-order valence-corrected chi connectivity index (χ0v) is 25.9. The highest BCUT2D eigenvalue weighted by Crippen LogP contribution is 2.43. The summed E-state index contributed by atoms with van der Waals surface area (Å²) in [4.78, 5) is 25.8. The molecule has 1 amide bonds. The van der Waals surface area contributed by atoms with Gasteiger partial charge in [0.15, 0.2) is 0 Å². The minimum Gasteiger partial charge on any atom is -0.369 e. The summed E-state index contributed by atoms with van der Waals surface area (Å²) in [6, 6.07) is 16.1. The van der Waals surface area contributed by atoms with Gasteiger partial charge in [-0.15, -0.1) is 0 Å². The van der Waals surface area contributed by atoms with Gasteiger partial charge in [-0.2, -0.15) is 5.10 Å². The lowest BCUT2D eigenvalue weighted by molar-refractivity contribution is -0.111. The maximum Gasteiger partial charge on any atom is 0.247 e. The molecule has 1 saturated heterocycles. The van der Waals surface area contributed by atoms with Crippen LogP contribution in [0, 0.1) is 13.8 Å². The zero-order valence-electron chi connectivity index (χ0n) is 25.9. The molecule has 8 heteroatoms.